The molecule has 6 heterocycles. The third-order valence-corrected chi connectivity index (χ3v) is 7.53. The predicted octanol–water partition coefficient (Wildman–Crippen LogP) is 3.69. The first-order chi connectivity index (χ1) is 18.0. The van der Waals surface area contributed by atoms with Crippen LogP contribution in [0, 0.1) is 6.92 Å². The molecule has 5 aromatic rings. The topological polar surface area (TPSA) is 133 Å². The number of aliphatic hydroxyl groups excluding tert-OH is 1. The molecule has 37 heavy (non-hydrogen) atoms. The number of nitrogens with two attached hydrogens (primary N) is 1. The number of nitrogen functional groups attached to an aromatic ring is 1. The largest absolute Gasteiger partial charge is 0.388 e. The first kappa shape index (κ1) is 21.9. The van der Waals surface area contributed by atoms with Crippen LogP contribution in [0.25, 0.3) is 22.0 Å². The van der Waals surface area contributed by atoms with Gasteiger partial charge in [-0.05, 0) is 49.3 Å². The molecule has 0 spiro atoms. The molecular formula is C27H27N9O. The Morgan fingerprint density at radius 1 is 1.08 bits per heavy atom. The normalized spacial score (nSPS) is 16.6. The summed E-state index contributed by atoms with van der Waals surface area (Å²) in [5.41, 5.74) is 12.1. The zero-order valence-electron chi connectivity index (χ0n) is 20.5. The lowest BCUT2D eigenvalue weighted by Crippen LogP contribution is -2.13. The smallest absolute Gasteiger partial charge is 0.153 e. The molecule has 7 rings (SSSR count). The number of hydrogen-bond acceptors (Lipinski definition) is 8. The summed E-state index contributed by atoms with van der Waals surface area (Å²) in [6, 6.07) is 6.04. The van der Waals surface area contributed by atoms with Gasteiger partial charge >= 0.3 is 0 Å². The summed E-state index contributed by atoms with van der Waals surface area (Å²) in [5.74, 6) is 2.84. The molecular weight excluding hydrogens is 466 g/mol. The highest BCUT2D eigenvalue weighted by Gasteiger charge is 2.24. The van der Waals surface area contributed by atoms with E-state index in [4.69, 9.17) is 10.8 Å². The van der Waals surface area contributed by atoms with Crippen molar-refractivity contribution in [3.63, 3.8) is 0 Å². The zero-order chi connectivity index (χ0) is 25.1. The molecule has 4 N–H and O–H groups in total. The lowest BCUT2D eigenvalue weighted by atomic mass is 9.88. The van der Waals surface area contributed by atoms with Gasteiger partial charge in [0.15, 0.2) is 5.82 Å². The Bertz CT molecular complexity index is 1670. The molecule has 0 bridgehead atoms. The Labute approximate surface area is 213 Å². The van der Waals surface area contributed by atoms with E-state index in [0.29, 0.717) is 18.2 Å². The third kappa shape index (κ3) is 3.72. The van der Waals surface area contributed by atoms with Gasteiger partial charge < -0.3 is 20.7 Å². The zero-order valence-corrected chi connectivity index (χ0v) is 20.5. The van der Waals surface area contributed by atoms with E-state index in [1.807, 2.05) is 42.3 Å². The maximum Gasteiger partial charge on any atom is 0.153 e. The minimum Gasteiger partial charge on any atom is -0.388 e. The van der Waals surface area contributed by atoms with Crippen molar-refractivity contribution in [1.29, 1.82) is 0 Å². The summed E-state index contributed by atoms with van der Waals surface area (Å²) in [7, 11) is 0. The maximum absolute atomic E-state index is 10.6. The molecule has 2 aliphatic rings. The van der Waals surface area contributed by atoms with E-state index in [9.17, 15) is 5.11 Å². The van der Waals surface area contributed by atoms with Crippen molar-refractivity contribution in [2.75, 3.05) is 11.1 Å². The van der Waals surface area contributed by atoms with Gasteiger partial charge in [-0.25, -0.2) is 15.0 Å². The second-order valence-corrected chi connectivity index (χ2v) is 9.84. The number of imidazole rings is 1. The Morgan fingerprint density at radius 2 is 2.00 bits per heavy atom. The van der Waals surface area contributed by atoms with Crippen LogP contribution in [-0.4, -0.2) is 39.4 Å². The predicted molar refractivity (Wildman–Crippen MR) is 140 cm³/mol. The van der Waals surface area contributed by atoms with E-state index in [2.05, 4.69) is 35.9 Å². The van der Waals surface area contributed by atoms with Crippen LogP contribution in [0.3, 0.4) is 0 Å². The molecule has 1 aliphatic heterocycles. The number of anilines is 3. The van der Waals surface area contributed by atoms with Crippen molar-refractivity contribution in [1.82, 2.24) is 34.3 Å². The van der Waals surface area contributed by atoms with Crippen LogP contribution in [0.1, 0.15) is 47.3 Å². The first-order valence-corrected chi connectivity index (χ1v) is 12.6. The van der Waals surface area contributed by atoms with Crippen molar-refractivity contribution >= 4 is 28.2 Å². The lowest BCUT2D eigenvalue weighted by molar-refractivity contribution is 0.155. The quantitative estimate of drug-likeness (QED) is 0.347. The number of pyridine rings is 3. The Morgan fingerprint density at radius 3 is 2.92 bits per heavy atom. The Balaban J connectivity index is 1.22. The summed E-state index contributed by atoms with van der Waals surface area (Å²) in [6.45, 7) is 3.56. The standard InChI is InChI=1S/C27H27N9O/c1-15-18(12-30-20-3-2-4-22(37)26(15)20)21-9-16-10-23(31-13-19(16)27(28)32-21)33-24-11-17-5-7-35-8-6-29-25(35)14-36(17)34-24/h6,8-13,22,37H,2-5,7,14H2,1H3,(H2,28,32)(H,31,33,34)/t22-/m1/s1. The Hall–Kier alpha value is -4.31. The van der Waals surface area contributed by atoms with Crippen LogP contribution in [-0.2, 0) is 25.9 Å². The number of aliphatic hydroxyl groups is 1. The molecule has 1 atom stereocenters. The molecule has 0 saturated carbocycles. The second-order valence-electron chi connectivity index (χ2n) is 9.84. The highest BCUT2D eigenvalue weighted by molar-refractivity contribution is 5.94. The summed E-state index contributed by atoms with van der Waals surface area (Å²) < 4.78 is 4.17. The van der Waals surface area contributed by atoms with Gasteiger partial charge in [0.05, 0.1) is 18.3 Å². The molecule has 0 aromatic carbocycles. The van der Waals surface area contributed by atoms with Crippen molar-refractivity contribution in [3.05, 3.63) is 71.3 Å². The number of fused-ring (bicyclic) bond motifs is 4. The highest BCUT2D eigenvalue weighted by Crippen LogP contribution is 2.36. The molecule has 186 valence electrons. The van der Waals surface area contributed by atoms with E-state index < -0.39 is 6.10 Å². The fraction of sp³-hybridized carbons (Fsp3) is 0.296. The molecule has 0 amide bonds. The number of nitrogens with one attached hydrogen (secondary N) is 1. The van der Waals surface area contributed by atoms with Crippen molar-refractivity contribution in [2.45, 2.75) is 51.8 Å². The Kier molecular flexibility index (Phi) is 4.97. The monoisotopic (exact) mass is 493 g/mol. The number of rotatable bonds is 3. The van der Waals surface area contributed by atoms with Crippen molar-refractivity contribution in [2.24, 2.45) is 0 Å². The molecule has 5 aromatic heterocycles. The van der Waals surface area contributed by atoms with Gasteiger partial charge in [0.25, 0.3) is 0 Å². The van der Waals surface area contributed by atoms with Gasteiger partial charge in [-0.1, -0.05) is 0 Å². The maximum atomic E-state index is 10.6. The van der Waals surface area contributed by atoms with Crippen LogP contribution in [0.2, 0.25) is 0 Å². The molecule has 10 nitrogen and oxygen atoms in total. The SMILES string of the molecule is Cc1c(-c2cc3cc(Nc4cc5n(n4)Cc4nccn4CC5)ncc3c(N)n2)cnc2c1[C@H](O)CCC2. The number of hydrogen-bond donors (Lipinski definition) is 3. The molecule has 0 fully saturated rings. The first-order valence-electron chi connectivity index (χ1n) is 12.6. The van der Waals surface area contributed by atoms with Gasteiger partial charge in [0.2, 0.25) is 0 Å². The average molecular weight is 494 g/mol. The highest BCUT2D eigenvalue weighted by atomic mass is 16.3. The van der Waals surface area contributed by atoms with Gasteiger partial charge in [-0.2, -0.15) is 5.10 Å². The molecule has 0 radical (unpaired) electrons. The molecule has 0 unspecified atom stereocenters. The lowest BCUT2D eigenvalue weighted by Gasteiger charge is -2.24. The van der Waals surface area contributed by atoms with E-state index in [1.54, 1.807) is 6.20 Å². The molecule has 1 aliphatic carbocycles. The van der Waals surface area contributed by atoms with Gasteiger partial charge in [0, 0.05) is 71.7 Å². The van der Waals surface area contributed by atoms with Crippen LogP contribution >= 0.6 is 0 Å². The minimum atomic E-state index is -0.487. The second kappa shape index (κ2) is 8.38. The fourth-order valence-electron chi connectivity index (χ4n) is 5.61. The van der Waals surface area contributed by atoms with Crippen molar-refractivity contribution < 1.29 is 5.11 Å². The summed E-state index contributed by atoms with van der Waals surface area (Å²) >= 11 is 0. The van der Waals surface area contributed by atoms with E-state index in [0.717, 1.165) is 88.4 Å². The summed E-state index contributed by atoms with van der Waals surface area (Å²) in [5, 5.41) is 20.4. The summed E-state index contributed by atoms with van der Waals surface area (Å²) in [4.78, 5) is 18.3. The number of nitrogens with zero attached hydrogens (tertiary/aromatic N) is 7. The van der Waals surface area contributed by atoms with E-state index in [-0.39, 0.29) is 0 Å². The van der Waals surface area contributed by atoms with Gasteiger partial charge in [-0.3, -0.25) is 9.67 Å². The van der Waals surface area contributed by atoms with Gasteiger partial charge in [-0.15, -0.1) is 0 Å². The molecule has 0 saturated heterocycles. The average Bonchev–Trinajstić information content (AvgIpc) is 3.45. The van der Waals surface area contributed by atoms with Crippen LogP contribution < -0.4 is 11.1 Å². The molecule has 10 heteroatoms. The number of aromatic nitrogens is 7. The summed E-state index contributed by atoms with van der Waals surface area (Å²) in [6.07, 6.45) is 10.4. The van der Waals surface area contributed by atoms with Crippen LogP contribution in [0.4, 0.5) is 17.5 Å². The minimum absolute atomic E-state index is 0.411. The van der Waals surface area contributed by atoms with Crippen LogP contribution in [0.15, 0.2) is 43.0 Å². The van der Waals surface area contributed by atoms with Gasteiger partial charge in [0.1, 0.15) is 17.5 Å². The van der Waals surface area contributed by atoms with E-state index in [1.165, 1.54) is 0 Å². The van der Waals surface area contributed by atoms with Crippen LogP contribution in [0.5, 0.6) is 0 Å². The third-order valence-electron chi connectivity index (χ3n) is 7.53. The number of aryl methyl sites for hydroxylation is 3. The van der Waals surface area contributed by atoms with Crippen molar-refractivity contribution in [3.8, 4) is 11.3 Å². The van der Waals surface area contributed by atoms with E-state index >= 15 is 0 Å². The fourth-order valence-corrected chi connectivity index (χ4v) is 5.61.